The Kier molecular flexibility index (Phi) is 5.07. The van der Waals surface area contributed by atoms with Crippen molar-refractivity contribution in [3.8, 4) is 0 Å². The van der Waals surface area contributed by atoms with Crippen LogP contribution in [0.5, 0.6) is 0 Å². The molecule has 2 atom stereocenters. The zero-order valence-electron chi connectivity index (χ0n) is 17.3. The molecule has 1 saturated heterocycles. The van der Waals surface area contributed by atoms with E-state index in [0.29, 0.717) is 32.2 Å². The molecular formula is C21H29N3O4S. The lowest BCUT2D eigenvalue weighted by molar-refractivity contribution is 0.0730. The summed E-state index contributed by atoms with van der Waals surface area (Å²) in [6.07, 6.45) is 3.21. The normalized spacial score (nSPS) is 30.6. The number of ether oxygens (including phenoxy) is 1. The number of nitrogens with one attached hydrogen (secondary N) is 1. The number of hydrazone groups is 1. The molecule has 0 radical (unpaired) electrons. The van der Waals surface area contributed by atoms with Crippen LogP contribution >= 0.6 is 0 Å². The molecular weight excluding hydrogens is 390 g/mol. The topological polar surface area (TPSA) is 88.1 Å². The molecule has 0 spiro atoms. The molecule has 8 heteroatoms. The summed E-state index contributed by atoms with van der Waals surface area (Å²) in [4.78, 5) is 12.8. The number of hydrogen-bond acceptors (Lipinski definition) is 5. The molecule has 1 amide bonds. The highest BCUT2D eigenvalue weighted by Crippen LogP contribution is 2.63. The minimum absolute atomic E-state index is 0.00642. The molecule has 7 nitrogen and oxygen atoms in total. The van der Waals surface area contributed by atoms with Gasteiger partial charge in [0.25, 0.3) is 5.91 Å². The van der Waals surface area contributed by atoms with E-state index in [9.17, 15) is 13.2 Å². The van der Waals surface area contributed by atoms with E-state index in [2.05, 4.69) is 31.3 Å². The molecule has 4 rings (SSSR count). The Morgan fingerprint density at radius 3 is 2.59 bits per heavy atom. The van der Waals surface area contributed by atoms with E-state index in [1.54, 1.807) is 12.1 Å². The third kappa shape index (κ3) is 3.31. The molecule has 2 saturated carbocycles. The summed E-state index contributed by atoms with van der Waals surface area (Å²) in [6.45, 7) is 8.22. The maximum atomic E-state index is 12.8. The number of nitrogens with zero attached hydrogens (tertiary/aromatic N) is 2. The predicted molar refractivity (Wildman–Crippen MR) is 110 cm³/mol. The lowest BCUT2D eigenvalue weighted by atomic mass is 9.70. The highest BCUT2D eigenvalue weighted by Gasteiger charge is 2.60. The van der Waals surface area contributed by atoms with E-state index in [0.717, 1.165) is 18.6 Å². The SMILES string of the molecule is CC1(C)[C@H]2CC[C@]1(C)/C(=N/NC(=O)c1cccc(S(=O)(=O)N3CCOCC3)c1)C2. The van der Waals surface area contributed by atoms with E-state index in [1.807, 2.05) is 0 Å². The first-order valence-corrected chi connectivity index (χ1v) is 11.7. The van der Waals surface area contributed by atoms with Gasteiger partial charge in [-0.15, -0.1) is 0 Å². The van der Waals surface area contributed by atoms with Crippen LogP contribution in [0, 0.1) is 16.7 Å². The van der Waals surface area contributed by atoms with Crippen LogP contribution < -0.4 is 5.43 Å². The fraction of sp³-hybridized carbons (Fsp3) is 0.619. The first kappa shape index (κ1) is 20.5. The quantitative estimate of drug-likeness (QED) is 0.760. The van der Waals surface area contributed by atoms with Crippen LogP contribution in [0.2, 0.25) is 0 Å². The molecule has 0 aromatic heterocycles. The number of amides is 1. The molecule has 1 aliphatic heterocycles. The number of hydrogen-bond donors (Lipinski definition) is 1. The molecule has 3 aliphatic rings. The molecule has 1 aromatic carbocycles. The predicted octanol–water partition coefficient (Wildman–Crippen LogP) is 2.64. The number of benzene rings is 1. The highest BCUT2D eigenvalue weighted by atomic mass is 32.2. The second-order valence-electron chi connectivity index (χ2n) is 9.04. The van der Waals surface area contributed by atoms with Crippen molar-refractivity contribution in [1.29, 1.82) is 0 Å². The van der Waals surface area contributed by atoms with Crippen LogP contribution in [0.3, 0.4) is 0 Å². The monoisotopic (exact) mass is 419 g/mol. The van der Waals surface area contributed by atoms with Crippen molar-refractivity contribution in [3.05, 3.63) is 29.8 Å². The summed E-state index contributed by atoms with van der Waals surface area (Å²) in [5.74, 6) is 0.214. The van der Waals surface area contributed by atoms with Gasteiger partial charge in [0.05, 0.1) is 18.1 Å². The van der Waals surface area contributed by atoms with Crippen LogP contribution in [0.25, 0.3) is 0 Å². The van der Waals surface area contributed by atoms with Crippen molar-refractivity contribution in [3.63, 3.8) is 0 Å². The number of sulfonamides is 1. The average molecular weight is 420 g/mol. The standard InChI is InChI=1S/C21H29N3O4S/c1-20(2)16-7-8-21(20,3)18(14-16)22-23-19(25)15-5-4-6-17(13-15)29(26,27)24-9-11-28-12-10-24/h4-6,13,16H,7-12,14H2,1-3H3,(H,23,25)/b22-18+/t16-,21+/m0/s1. The Bertz CT molecular complexity index is 950. The Morgan fingerprint density at radius 2 is 1.97 bits per heavy atom. The van der Waals surface area contributed by atoms with E-state index < -0.39 is 10.0 Å². The first-order valence-electron chi connectivity index (χ1n) is 10.2. The number of carbonyl (C=O) groups excluding carboxylic acids is 1. The number of fused-ring (bicyclic) bond motifs is 2. The van der Waals surface area contributed by atoms with Gasteiger partial charge in [-0.2, -0.15) is 9.41 Å². The van der Waals surface area contributed by atoms with Crippen molar-refractivity contribution >= 4 is 21.6 Å². The van der Waals surface area contributed by atoms with E-state index in [1.165, 1.54) is 22.9 Å². The Hall–Kier alpha value is -1.77. The maximum absolute atomic E-state index is 12.8. The van der Waals surface area contributed by atoms with Crippen LogP contribution in [0.4, 0.5) is 0 Å². The number of carbonyl (C=O) groups is 1. The third-order valence-electron chi connectivity index (χ3n) is 7.51. The molecule has 29 heavy (non-hydrogen) atoms. The second-order valence-corrected chi connectivity index (χ2v) is 11.0. The van der Waals surface area contributed by atoms with Gasteiger partial charge in [-0.25, -0.2) is 13.8 Å². The third-order valence-corrected chi connectivity index (χ3v) is 9.40. The Labute approximate surface area is 172 Å². The van der Waals surface area contributed by atoms with Crippen LogP contribution in [0.1, 0.15) is 50.4 Å². The molecule has 1 N–H and O–H groups in total. The van der Waals surface area contributed by atoms with Crippen molar-refractivity contribution in [2.75, 3.05) is 26.3 Å². The summed E-state index contributed by atoms with van der Waals surface area (Å²) < 4.78 is 32.3. The number of rotatable bonds is 4. The number of morpholine rings is 1. The van der Waals surface area contributed by atoms with E-state index >= 15 is 0 Å². The minimum atomic E-state index is -3.64. The summed E-state index contributed by atoms with van der Waals surface area (Å²) in [5, 5.41) is 4.47. The summed E-state index contributed by atoms with van der Waals surface area (Å²) in [5.41, 5.74) is 4.19. The smallest absolute Gasteiger partial charge is 0.271 e. The zero-order valence-corrected chi connectivity index (χ0v) is 18.1. The van der Waals surface area contributed by atoms with Crippen LogP contribution in [-0.2, 0) is 14.8 Å². The largest absolute Gasteiger partial charge is 0.379 e. The highest BCUT2D eigenvalue weighted by molar-refractivity contribution is 7.89. The van der Waals surface area contributed by atoms with Gasteiger partial charge in [-0.05, 0) is 48.8 Å². The lowest BCUT2D eigenvalue weighted by Crippen LogP contribution is -2.40. The summed E-state index contributed by atoms with van der Waals surface area (Å²) in [7, 11) is -3.64. The molecule has 0 unspecified atom stereocenters. The average Bonchev–Trinajstić information content (AvgIpc) is 3.06. The molecule has 1 heterocycles. The van der Waals surface area contributed by atoms with Gasteiger partial charge in [-0.3, -0.25) is 4.79 Å². The van der Waals surface area contributed by atoms with Crippen molar-refractivity contribution in [2.45, 2.75) is 44.9 Å². The van der Waals surface area contributed by atoms with E-state index in [-0.39, 0.29) is 27.2 Å². The van der Waals surface area contributed by atoms with Crippen molar-refractivity contribution < 1.29 is 17.9 Å². The Balaban J connectivity index is 1.51. The molecule has 158 valence electrons. The van der Waals surface area contributed by atoms with Gasteiger partial charge in [-0.1, -0.05) is 26.8 Å². The van der Waals surface area contributed by atoms with Crippen LogP contribution in [-0.4, -0.2) is 50.6 Å². The summed E-state index contributed by atoms with van der Waals surface area (Å²) >= 11 is 0. The molecule has 2 bridgehead atoms. The Morgan fingerprint density at radius 1 is 1.24 bits per heavy atom. The zero-order chi connectivity index (χ0) is 20.9. The molecule has 2 aliphatic carbocycles. The van der Waals surface area contributed by atoms with Gasteiger partial charge in [0, 0.05) is 29.8 Å². The van der Waals surface area contributed by atoms with Gasteiger partial charge in [0.1, 0.15) is 0 Å². The van der Waals surface area contributed by atoms with Gasteiger partial charge >= 0.3 is 0 Å². The molecule has 3 fully saturated rings. The fourth-order valence-electron chi connectivity index (χ4n) is 5.01. The van der Waals surface area contributed by atoms with E-state index in [4.69, 9.17) is 4.74 Å². The lowest BCUT2D eigenvalue weighted by Gasteiger charge is -2.34. The van der Waals surface area contributed by atoms with Gasteiger partial charge < -0.3 is 4.74 Å². The van der Waals surface area contributed by atoms with Crippen molar-refractivity contribution in [2.24, 2.45) is 21.8 Å². The maximum Gasteiger partial charge on any atom is 0.271 e. The van der Waals surface area contributed by atoms with Gasteiger partial charge in [0.2, 0.25) is 10.0 Å². The van der Waals surface area contributed by atoms with Gasteiger partial charge in [0.15, 0.2) is 0 Å². The second kappa shape index (κ2) is 7.18. The van der Waals surface area contributed by atoms with Crippen molar-refractivity contribution in [1.82, 2.24) is 9.73 Å². The fourth-order valence-corrected chi connectivity index (χ4v) is 6.47. The summed E-state index contributed by atoms with van der Waals surface area (Å²) in [6, 6.07) is 6.15. The minimum Gasteiger partial charge on any atom is -0.379 e. The van der Waals surface area contributed by atoms with Crippen LogP contribution in [0.15, 0.2) is 34.3 Å². The first-order chi connectivity index (χ1) is 13.7. The molecule has 1 aromatic rings.